The molecule has 0 unspecified atom stereocenters. The van der Waals surface area contributed by atoms with Gasteiger partial charge in [-0.2, -0.15) is 0 Å². The van der Waals surface area contributed by atoms with Crippen LogP contribution < -0.4 is 4.99 Å². The van der Waals surface area contributed by atoms with Crippen molar-refractivity contribution in [2.45, 2.75) is 120 Å². The van der Waals surface area contributed by atoms with E-state index >= 15 is 0 Å². The number of para-hydroxylation sites is 2. The molecule has 1 aliphatic heterocycles. The molecule has 0 bridgehead atoms. The number of guanidine groups is 1. The molecule has 2 aromatic rings. The minimum Gasteiger partial charge on any atom is -0.668 e. The van der Waals surface area contributed by atoms with Crippen LogP contribution >= 0.6 is 0 Å². The van der Waals surface area contributed by atoms with Crippen molar-refractivity contribution in [3.63, 3.8) is 0 Å². The van der Waals surface area contributed by atoms with E-state index in [2.05, 4.69) is 141 Å². The van der Waals surface area contributed by atoms with Crippen molar-refractivity contribution in [1.82, 2.24) is 4.90 Å². The Morgan fingerprint density at radius 1 is 0.732 bits per heavy atom. The van der Waals surface area contributed by atoms with Crippen LogP contribution in [0.4, 0.5) is 11.4 Å². The van der Waals surface area contributed by atoms with E-state index < -0.39 is 16.5 Å². The Labute approximate surface area is 271 Å². The Bertz CT molecular complexity index is 1000. The van der Waals surface area contributed by atoms with Crippen LogP contribution in [0.25, 0.3) is 9.96 Å². The van der Waals surface area contributed by atoms with Gasteiger partial charge in [-0.05, 0) is 90.5 Å². The normalized spacial score (nSPS) is 13.6. The molecular weight excluding hydrogens is 549 g/mol. The molecule has 1 N–H and O–H groups in total. The number of rotatable bonds is 6. The SMILES string of the molecule is C1CCOC1.C[Si](C)(C)[N-][Si](C)(C)C.Cc1cccc(C)c1[N-]C(=[NH+]c1c(C)cccc1C)N(C(C)C)C(C)C.[Mg+2]. The maximum atomic E-state index is 5.11. The first-order valence-electron chi connectivity index (χ1n) is 15.0. The third-order valence-corrected chi connectivity index (χ3v) is 11.6. The second kappa shape index (κ2) is 18.5. The zero-order valence-corrected chi connectivity index (χ0v) is 32.3. The summed E-state index contributed by atoms with van der Waals surface area (Å²) in [5, 5.41) is 5.11. The van der Waals surface area contributed by atoms with Crippen LogP contribution in [0.3, 0.4) is 0 Å². The molecule has 0 aromatic heterocycles. The van der Waals surface area contributed by atoms with Crippen LogP contribution in [0.15, 0.2) is 36.4 Å². The van der Waals surface area contributed by atoms with Gasteiger partial charge in [0.2, 0.25) is 5.96 Å². The van der Waals surface area contributed by atoms with Gasteiger partial charge in [0.15, 0.2) is 0 Å². The first kappa shape index (κ1) is 39.8. The summed E-state index contributed by atoms with van der Waals surface area (Å²) < 4.78 is 9.76. The fourth-order valence-electron chi connectivity index (χ4n) is 4.96. The molecule has 1 aliphatic rings. The molecule has 0 spiro atoms. The number of nitrogens with one attached hydrogen (secondary N) is 1. The summed E-state index contributed by atoms with van der Waals surface area (Å²) in [5.41, 5.74) is 7.03. The zero-order valence-electron chi connectivity index (χ0n) is 28.9. The summed E-state index contributed by atoms with van der Waals surface area (Å²) in [4.78, 5) is 6.00. The smallest absolute Gasteiger partial charge is 0.668 e. The number of hydrogen-bond donors (Lipinski definition) is 1. The molecule has 1 fully saturated rings. The van der Waals surface area contributed by atoms with Crippen LogP contribution in [0.5, 0.6) is 0 Å². The second-order valence-corrected chi connectivity index (χ2v) is 23.0. The van der Waals surface area contributed by atoms with E-state index in [4.69, 9.17) is 14.7 Å². The molecule has 5 nitrogen and oxygen atoms in total. The van der Waals surface area contributed by atoms with Crippen LogP contribution in [0.1, 0.15) is 62.8 Å². The van der Waals surface area contributed by atoms with E-state index in [9.17, 15) is 0 Å². The summed E-state index contributed by atoms with van der Waals surface area (Å²) >= 11 is 0. The van der Waals surface area contributed by atoms with Gasteiger partial charge in [0, 0.05) is 31.0 Å². The molecule has 0 saturated carbocycles. The van der Waals surface area contributed by atoms with E-state index in [0.29, 0.717) is 12.1 Å². The Morgan fingerprint density at radius 2 is 1.12 bits per heavy atom. The van der Waals surface area contributed by atoms with Gasteiger partial charge in [-0.25, -0.2) is 5.32 Å². The Hall–Kier alpha value is -1.17. The molecule has 0 atom stereocenters. The summed E-state index contributed by atoms with van der Waals surface area (Å²) in [6.07, 6.45) is 2.56. The van der Waals surface area contributed by atoms with Crippen LogP contribution in [-0.4, -0.2) is 75.7 Å². The van der Waals surface area contributed by atoms with E-state index in [1.54, 1.807) is 0 Å². The molecule has 1 saturated heterocycles. The average molecular weight is 608 g/mol. The molecule has 2 aromatic carbocycles. The monoisotopic (exact) mass is 607 g/mol. The number of aryl methyl sites for hydroxylation is 4. The first-order chi connectivity index (χ1) is 18.4. The predicted molar refractivity (Wildman–Crippen MR) is 188 cm³/mol. The maximum absolute atomic E-state index is 5.11. The van der Waals surface area contributed by atoms with Gasteiger partial charge >= 0.3 is 23.1 Å². The van der Waals surface area contributed by atoms with Crippen LogP contribution in [0.2, 0.25) is 39.3 Å². The van der Waals surface area contributed by atoms with Crippen LogP contribution in [-0.2, 0) is 4.74 Å². The third kappa shape index (κ3) is 15.7. The number of nitrogens with zero attached hydrogens (tertiary/aromatic N) is 3. The quantitative estimate of drug-likeness (QED) is 0.204. The van der Waals surface area contributed by atoms with Gasteiger partial charge in [-0.15, -0.1) is 0 Å². The largest absolute Gasteiger partial charge is 2.00 e. The maximum Gasteiger partial charge on any atom is 2.00 e. The zero-order chi connectivity index (χ0) is 30.7. The molecule has 8 heteroatoms. The van der Waals surface area contributed by atoms with E-state index in [0.717, 1.165) is 30.5 Å². The fourth-order valence-corrected chi connectivity index (χ4v) is 13.0. The van der Waals surface area contributed by atoms with Crippen molar-refractivity contribution < 1.29 is 9.73 Å². The summed E-state index contributed by atoms with van der Waals surface area (Å²) in [6.45, 7) is 33.2. The van der Waals surface area contributed by atoms with E-state index in [-0.39, 0.29) is 23.1 Å². The number of ether oxygens (including phenoxy) is 1. The van der Waals surface area contributed by atoms with Crippen molar-refractivity contribution in [1.29, 1.82) is 0 Å². The van der Waals surface area contributed by atoms with E-state index in [1.165, 1.54) is 35.1 Å². The molecule has 0 radical (unpaired) electrons. The van der Waals surface area contributed by atoms with E-state index in [1.807, 2.05) is 0 Å². The summed E-state index contributed by atoms with van der Waals surface area (Å²) in [7, 11) is -2.21. The van der Waals surface area contributed by atoms with Crippen molar-refractivity contribution >= 4 is 56.9 Å². The minimum absolute atomic E-state index is 0. The van der Waals surface area contributed by atoms with Crippen LogP contribution in [0, 0.1) is 27.7 Å². The Balaban J connectivity index is 0.000000876. The van der Waals surface area contributed by atoms with Gasteiger partial charge in [0.25, 0.3) is 0 Å². The minimum atomic E-state index is -1.11. The van der Waals surface area contributed by atoms with Gasteiger partial charge in [0.05, 0.1) is 5.69 Å². The summed E-state index contributed by atoms with van der Waals surface area (Å²) in [6, 6.07) is 13.4. The molecule has 0 aliphatic carbocycles. The van der Waals surface area contributed by atoms with Crippen molar-refractivity contribution in [2.75, 3.05) is 13.2 Å². The fraction of sp³-hybridized carbons (Fsp3) is 0.606. The number of hydrogen-bond acceptors (Lipinski definition) is 1. The van der Waals surface area contributed by atoms with Crippen molar-refractivity contribution in [2.24, 2.45) is 0 Å². The molecule has 0 amide bonds. The molecule has 3 rings (SSSR count). The first-order valence-corrected chi connectivity index (χ1v) is 21.9. The molecule has 226 valence electrons. The average Bonchev–Trinajstić information content (AvgIpc) is 3.36. The molecule has 41 heavy (non-hydrogen) atoms. The Morgan fingerprint density at radius 3 is 1.41 bits per heavy atom. The van der Waals surface area contributed by atoms with Gasteiger partial charge in [-0.1, -0.05) is 92.2 Å². The predicted octanol–water partition coefficient (Wildman–Crippen LogP) is 8.26. The standard InChI is InChI=1S/C23H32N3.C6H18NSi2.C4H8O.Mg/c1-15(2)26(16(3)4)23(24-21-17(5)11-9-12-18(21)6)25-22-19(7)13-10-14-20(22)8;1-8(2,3)7-9(4,5)6;1-2-4-5-3-1;/h9-16H,1-8H3;1-6H3;1-4H2;/q2*-1;;+2/p+1. The topological polar surface area (TPSA) is 54.6 Å². The third-order valence-electron chi connectivity index (χ3n) is 6.23. The van der Waals surface area contributed by atoms with Gasteiger partial charge in [-0.3, -0.25) is 0 Å². The van der Waals surface area contributed by atoms with Gasteiger partial charge < -0.3 is 19.3 Å². The summed E-state index contributed by atoms with van der Waals surface area (Å²) in [5.74, 6) is 0.907. The van der Waals surface area contributed by atoms with Crippen molar-refractivity contribution in [3.05, 3.63) is 68.6 Å². The molecule has 1 heterocycles. The number of benzene rings is 2. The van der Waals surface area contributed by atoms with Crippen molar-refractivity contribution in [3.8, 4) is 0 Å². The second-order valence-electron chi connectivity index (χ2n) is 13.4. The molecular formula is C33H59MgN4OSi2+. The Kier molecular flexibility index (Phi) is 18.0. The van der Waals surface area contributed by atoms with Gasteiger partial charge in [0.1, 0.15) is 0 Å².